The summed E-state index contributed by atoms with van der Waals surface area (Å²) >= 11 is 0. The molecule has 0 fully saturated rings. The summed E-state index contributed by atoms with van der Waals surface area (Å²) in [4.78, 5) is 0. The largest absolute Gasteiger partial charge is 0.485 e. The van der Waals surface area contributed by atoms with Crippen molar-refractivity contribution in [2.45, 2.75) is 20.5 Å². The highest BCUT2D eigenvalue weighted by Crippen LogP contribution is 2.28. The Kier molecular flexibility index (Phi) is 3.04. The molecule has 0 aliphatic carbocycles. The molecule has 2 rings (SSSR count). The lowest BCUT2D eigenvalue weighted by molar-refractivity contribution is 0.299. The zero-order valence-corrected chi connectivity index (χ0v) is 10.4. The van der Waals surface area contributed by atoms with E-state index < -0.39 is 0 Å². The van der Waals surface area contributed by atoms with Gasteiger partial charge >= 0.3 is 0 Å². The lowest BCUT2D eigenvalue weighted by atomic mass is 10.1. The standard InChI is InChI=1S/C13H17N3O/c1-9-6-10(2)13(12(14)7-9)17-8-11-4-5-16(3)15-11/h4-7H,8,14H2,1-3H3. The van der Waals surface area contributed by atoms with E-state index in [4.69, 9.17) is 10.5 Å². The summed E-state index contributed by atoms with van der Waals surface area (Å²) in [7, 11) is 1.88. The Morgan fingerprint density at radius 3 is 2.71 bits per heavy atom. The molecule has 1 aromatic carbocycles. The molecule has 17 heavy (non-hydrogen) atoms. The molecule has 1 aromatic heterocycles. The number of nitrogens with two attached hydrogens (primary N) is 1. The van der Waals surface area contributed by atoms with Crippen molar-refractivity contribution in [1.82, 2.24) is 9.78 Å². The zero-order valence-electron chi connectivity index (χ0n) is 10.4. The van der Waals surface area contributed by atoms with Crippen LogP contribution in [0.25, 0.3) is 0 Å². The van der Waals surface area contributed by atoms with E-state index >= 15 is 0 Å². The van der Waals surface area contributed by atoms with Crippen molar-refractivity contribution in [2.24, 2.45) is 7.05 Å². The molecule has 0 aliphatic heterocycles. The molecule has 4 heteroatoms. The van der Waals surface area contributed by atoms with Crippen molar-refractivity contribution < 1.29 is 4.74 Å². The van der Waals surface area contributed by atoms with Gasteiger partial charge in [0.1, 0.15) is 12.4 Å². The Hall–Kier alpha value is -1.97. The van der Waals surface area contributed by atoms with Crippen molar-refractivity contribution in [1.29, 1.82) is 0 Å². The number of hydrogen-bond acceptors (Lipinski definition) is 3. The number of aromatic nitrogens is 2. The Morgan fingerprint density at radius 1 is 1.35 bits per heavy atom. The van der Waals surface area contributed by atoms with Crippen molar-refractivity contribution in [3.8, 4) is 5.75 Å². The van der Waals surface area contributed by atoms with E-state index in [-0.39, 0.29) is 0 Å². The molecule has 0 radical (unpaired) electrons. The number of aryl methyl sites for hydroxylation is 3. The van der Waals surface area contributed by atoms with Crippen LogP contribution < -0.4 is 10.5 Å². The van der Waals surface area contributed by atoms with Crippen LogP contribution >= 0.6 is 0 Å². The molecule has 0 bridgehead atoms. The average molecular weight is 231 g/mol. The molecule has 2 N–H and O–H groups in total. The number of rotatable bonds is 3. The van der Waals surface area contributed by atoms with E-state index in [1.165, 1.54) is 0 Å². The van der Waals surface area contributed by atoms with Gasteiger partial charge in [-0.25, -0.2) is 0 Å². The molecule has 2 aromatic rings. The van der Waals surface area contributed by atoms with E-state index in [1.54, 1.807) is 4.68 Å². The molecule has 0 unspecified atom stereocenters. The number of nitrogen functional groups attached to an aromatic ring is 1. The molecule has 0 amide bonds. The summed E-state index contributed by atoms with van der Waals surface area (Å²) in [6, 6.07) is 5.91. The Balaban J connectivity index is 2.14. The van der Waals surface area contributed by atoms with Gasteiger partial charge in [-0.2, -0.15) is 5.10 Å². The normalized spacial score (nSPS) is 10.5. The quantitative estimate of drug-likeness (QED) is 0.824. The first-order chi connectivity index (χ1) is 8.06. The topological polar surface area (TPSA) is 53.1 Å². The van der Waals surface area contributed by atoms with Gasteiger partial charge in [0.2, 0.25) is 0 Å². The maximum absolute atomic E-state index is 5.94. The van der Waals surface area contributed by atoms with Crippen LogP contribution in [0.4, 0.5) is 5.69 Å². The maximum atomic E-state index is 5.94. The fourth-order valence-corrected chi connectivity index (χ4v) is 1.87. The van der Waals surface area contributed by atoms with Gasteiger partial charge in [0, 0.05) is 13.2 Å². The van der Waals surface area contributed by atoms with Gasteiger partial charge in [-0.05, 0) is 37.1 Å². The van der Waals surface area contributed by atoms with Crippen LogP contribution in [0.2, 0.25) is 0 Å². The minimum Gasteiger partial charge on any atom is -0.485 e. The molecule has 0 saturated carbocycles. The smallest absolute Gasteiger partial charge is 0.145 e. The van der Waals surface area contributed by atoms with Crippen LogP contribution in [-0.4, -0.2) is 9.78 Å². The monoisotopic (exact) mass is 231 g/mol. The van der Waals surface area contributed by atoms with Crippen molar-refractivity contribution in [3.63, 3.8) is 0 Å². The number of anilines is 1. The fraction of sp³-hybridized carbons (Fsp3) is 0.308. The summed E-state index contributed by atoms with van der Waals surface area (Å²) in [5.74, 6) is 0.751. The molecular weight excluding hydrogens is 214 g/mol. The van der Waals surface area contributed by atoms with Gasteiger partial charge in [0.15, 0.2) is 0 Å². The minimum absolute atomic E-state index is 0.439. The third-order valence-electron chi connectivity index (χ3n) is 2.58. The van der Waals surface area contributed by atoms with Gasteiger partial charge in [0.25, 0.3) is 0 Å². The first-order valence-electron chi connectivity index (χ1n) is 5.54. The number of ether oxygens (including phenoxy) is 1. The predicted molar refractivity (Wildman–Crippen MR) is 67.9 cm³/mol. The molecule has 0 saturated heterocycles. The first kappa shape index (κ1) is 11.5. The predicted octanol–water partition coefficient (Wildman–Crippen LogP) is 2.20. The number of benzene rings is 1. The van der Waals surface area contributed by atoms with Crippen LogP contribution in [0, 0.1) is 13.8 Å². The van der Waals surface area contributed by atoms with Gasteiger partial charge in [-0.1, -0.05) is 6.07 Å². The Labute approximate surface area is 101 Å². The zero-order chi connectivity index (χ0) is 12.4. The summed E-state index contributed by atoms with van der Waals surface area (Å²) < 4.78 is 7.48. The summed E-state index contributed by atoms with van der Waals surface area (Å²) in [6.07, 6.45) is 1.89. The summed E-state index contributed by atoms with van der Waals surface area (Å²) in [5.41, 5.74) is 9.71. The summed E-state index contributed by atoms with van der Waals surface area (Å²) in [6.45, 7) is 4.46. The van der Waals surface area contributed by atoms with E-state index in [2.05, 4.69) is 11.2 Å². The van der Waals surface area contributed by atoms with Gasteiger partial charge < -0.3 is 10.5 Å². The van der Waals surface area contributed by atoms with E-state index in [9.17, 15) is 0 Å². The van der Waals surface area contributed by atoms with E-state index in [1.807, 2.05) is 39.2 Å². The second-order valence-corrected chi connectivity index (χ2v) is 4.27. The SMILES string of the molecule is Cc1cc(C)c(OCc2ccn(C)n2)c(N)c1. The second-order valence-electron chi connectivity index (χ2n) is 4.27. The van der Waals surface area contributed by atoms with Crippen molar-refractivity contribution >= 4 is 5.69 Å². The molecular formula is C13H17N3O. The third-order valence-corrected chi connectivity index (χ3v) is 2.58. The number of hydrogen-bond donors (Lipinski definition) is 1. The molecule has 0 spiro atoms. The summed E-state index contributed by atoms with van der Waals surface area (Å²) in [5, 5.41) is 4.25. The van der Waals surface area contributed by atoms with Crippen LogP contribution in [0.5, 0.6) is 5.75 Å². The van der Waals surface area contributed by atoms with Crippen LogP contribution in [0.3, 0.4) is 0 Å². The number of nitrogens with zero attached hydrogens (tertiary/aromatic N) is 2. The van der Waals surface area contributed by atoms with Gasteiger partial charge in [-0.3, -0.25) is 4.68 Å². The Morgan fingerprint density at radius 2 is 2.12 bits per heavy atom. The fourth-order valence-electron chi connectivity index (χ4n) is 1.87. The highest BCUT2D eigenvalue weighted by atomic mass is 16.5. The van der Waals surface area contributed by atoms with Gasteiger partial charge in [0.05, 0.1) is 11.4 Å². The molecule has 0 aliphatic rings. The second kappa shape index (κ2) is 4.49. The third kappa shape index (κ3) is 2.58. The molecule has 4 nitrogen and oxygen atoms in total. The average Bonchev–Trinajstić information content (AvgIpc) is 2.62. The van der Waals surface area contributed by atoms with Gasteiger partial charge in [-0.15, -0.1) is 0 Å². The van der Waals surface area contributed by atoms with Crippen LogP contribution in [0.1, 0.15) is 16.8 Å². The maximum Gasteiger partial charge on any atom is 0.145 e. The lowest BCUT2D eigenvalue weighted by Crippen LogP contribution is -2.02. The molecule has 90 valence electrons. The highest BCUT2D eigenvalue weighted by molar-refractivity contribution is 5.58. The molecule has 1 heterocycles. The van der Waals surface area contributed by atoms with E-state index in [0.717, 1.165) is 22.6 Å². The molecule has 0 atom stereocenters. The Bertz CT molecular complexity index is 508. The lowest BCUT2D eigenvalue weighted by Gasteiger charge is -2.11. The van der Waals surface area contributed by atoms with Crippen molar-refractivity contribution in [2.75, 3.05) is 5.73 Å². The minimum atomic E-state index is 0.439. The van der Waals surface area contributed by atoms with Crippen LogP contribution in [0.15, 0.2) is 24.4 Å². The van der Waals surface area contributed by atoms with E-state index in [0.29, 0.717) is 12.3 Å². The van der Waals surface area contributed by atoms with Crippen molar-refractivity contribution in [3.05, 3.63) is 41.2 Å². The highest BCUT2D eigenvalue weighted by Gasteiger charge is 2.07. The van der Waals surface area contributed by atoms with Crippen LogP contribution in [-0.2, 0) is 13.7 Å². The first-order valence-corrected chi connectivity index (χ1v) is 5.54.